The van der Waals surface area contributed by atoms with Gasteiger partial charge in [-0.2, -0.15) is 0 Å². The molecule has 2 aromatic heterocycles. The van der Waals surface area contributed by atoms with Crippen molar-refractivity contribution in [3.05, 3.63) is 140 Å². The van der Waals surface area contributed by atoms with Gasteiger partial charge in [0.1, 0.15) is 0 Å². The van der Waals surface area contributed by atoms with Gasteiger partial charge in [-0.1, -0.05) is 97.6 Å². The van der Waals surface area contributed by atoms with E-state index in [0.717, 1.165) is 16.6 Å². The van der Waals surface area contributed by atoms with Crippen LogP contribution in [-0.4, -0.2) is 9.55 Å². The van der Waals surface area contributed by atoms with Crippen molar-refractivity contribution in [2.45, 2.75) is 6.04 Å². The van der Waals surface area contributed by atoms with Gasteiger partial charge in [0.15, 0.2) is 0 Å². The van der Waals surface area contributed by atoms with Crippen LogP contribution in [0.5, 0.6) is 0 Å². The van der Waals surface area contributed by atoms with Crippen molar-refractivity contribution in [2.24, 2.45) is 0 Å². The third-order valence-electron chi connectivity index (χ3n) is 7.26. The molecule has 0 amide bonds. The number of hydrogen-bond donors (Lipinski definition) is 1. The Kier molecular flexibility index (Phi) is 5.00. The van der Waals surface area contributed by atoms with E-state index in [4.69, 9.17) is 0 Å². The fraction of sp³-hybridized carbons (Fsp3) is 0.0294. The monoisotopic (exact) mass is 475 g/mol. The van der Waals surface area contributed by atoms with Crippen molar-refractivity contribution in [1.82, 2.24) is 9.55 Å². The molecule has 0 spiro atoms. The number of hydrogen-bond acceptors (Lipinski definition) is 2. The van der Waals surface area contributed by atoms with Crippen LogP contribution < -0.4 is 5.32 Å². The summed E-state index contributed by atoms with van der Waals surface area (Å²) in [7, 11) is 0. The molecular formula is C34H25N3. The molecule has 0 fully saturated rings. The summed E-state index contributed by atoms with van der Waals surface area (Å²) in [5, 5.41) is 8.51. The average Bonchev–Trinajstić information content (AvgIpc) is 3.26. The lowest BCUT2D eigenvalue weighted by atomic mass is 9.93. The summed E-state index contributed by atoms with van der Waals surface area (Å²) in [5.74, 6) is 0. The zero-order valence-corrected chi connectivity index (χ0v) is 20.3. The first-order valence-electron chi connectivity index (χ1n) is 12.6. The highest BCUT2D eigenvalue weighted by atomic mass is 15.0. The van der Waals surface area contributed by atoms with E-state index < -0.39 is 0 Å². The third-order valence-corrected chi connectivity index (χ3v) is 7.26. The normalized spacial score (nSPS) is 14.9. The first-order chi connectivity index (χ1) is 18.3. The number of fused-ring (bicyclic) bond motifs is 6. The number of pyridine rings is 1. The fourth-order valence-corrected chi connectivity index (χ4v) is 5.55. The largest absolute Gasteiger partial charge is 0.374 e. The smallest absolute Gasteiger partial charge is 0.0742 e. The Balaban J connectivity index is 1.40. The van der Waals surface area contributed by atoms with Crippen LogP contribution in [0, 0.1) is 0 Å². The van der Waals surface area contributed by atoms with Crippen molar-refractivity contribution in [3.63, 3.8) is 0 Å². The Morgan fingerprint density at radius 3 is 2.43 bits per heavy atom. The highest BCUT2D eigenvalue weighted by Gasteiger charge is 2.29. The third kappa shape index (κ3) is 3.40. The minimum Gasteiger partial charge on any atom is -0.374 e. The second-order valence-electron chi connectivity index (χ2n) is 9.36. The van der Waals surface area contributed by atoms with Gasteiger partial charge in [0, 0.05) is 51.1 Å². The van der Waals surface area contributed by atoms with Gasteiger partial charge >= 0.3 is 0 Å². The Labute approximate surface area is 215 Å². The highest BCUT2D eigenvalue weighted by molar-refractivity contribution is 6.12. The summed E-state index contributed by atoms with van der Waals surface area (Å²) in [5.41, 5.74) is 8.47. The number of benzene rings is 4. The van der Waals surface area contributed by atoms with Crippen molar-refractivity contribution in [2.75, 3.05) is 5.32 Å². The van der Waals surface area contributed by atoms with Crippen LogP contribution in [0.25, 0.3) is 49.4 Å². The summed E-state index contributed by atoms with van der Waals surface area (Å²) >= 11 is 0. The van der Waals surface area contributed by atoms with Gasteiger partial charge in [-0.25, -0.2) is 0 Å². The van der Waals surface area contributed by atoms with Gasteiger partial charge < -0.3 is 9.88 Å². The van der Waals surface area contributed by atoms with Crippen LogP contribution in [0.3, 0.4) is 0 Å². The number of rotatable bonds is 5. The zero-order chi connectivity index (χ0) is 24.8. The number of nitrogens with zero attached hydrogens (tertiary/aromatic N) is 2. The number of anilines is 1. The van der Waals surface area contributed by atoms with E-state index in [0.29, 0.717) is 0 Å². The molecule has 0 saturated carbocycles. The van der Waals surface area contributed by atoms with Gasteiger partial charge in [-0.05, 0) is 35.2 Å². The van der Waals surface area contributed by atoms with Gasteiger partial charge in [-0.3, -0.25) is 4.98 Å². The van der Waals surface area contributed by atoms with Gasteiger partial charge in [0.2, 0.25) is 0 Å². The molecule has 3 heterocycles. The molecule has 6 aromatic rings. The minimum absolute atomic E-state index is 0.164. The van der Waals surface area contributed by atoms with Crippen molar-refractivity contribution >= 4 is 38.3 Å². The maximum Gasteiger partial charge on any atom is 0.0742 e. The molecule has 1 atom stereocenters. The quantitative estimate of drug-likeness (QED) is 0.253. The van der Waals surface area contributed by atoms with Crippen LogP contribution in [-0.2, 0) is 0 Å². The van der Waals surface area contributed by atoms with Crippen molar-refractivity contribution in [1.29, 1.82) is 0 Å². The van der Waals surface area contributed by atoms with Crippen LogP contribution in [0.2, 0.25) is 0 Å². The van der Waals surface area contributed by atoms with Gasteiger partial charge in [-0.15, -0.1) is 0 Å². The molecule has 1 unspecified atom stereocenters. The molecule has 3 nitrogen and oxygen atoms in total. The van der Waals surface area contributed by atoms with Crippen LogP contribution in [0.4, 0.5) is 5.69 Å². The highest BCUT2D eigenvalue weighted by Crippen LogP contribution is 2.46. The number of para-hydroxylation sites is 1. The van der Waals surface area contributed by atoms with E-state index in [2.05, 4.69) is 119 Å². The predicted molar refractivity (Wildman–Crippen MR) is 156 cm³/mol. The molecule has 0 saturated heterocycles. The molecule has 1 aliphatic rings. The summed E-state index contributed by atoms with van der Waals surface area (Å²) in [6, 6.07) is 30.6. The van der Waals surface area contributed by atoms with E-state index in [9.17, 15) is 0 Å². The molecule has 4 aromatic carbocycles. The lowest BCUT2D eigenvalue weighted by Crippen LogP contribution is -2.21. The molecule has 7 rings (SSSR count). The van der Waals surface area contributed by atoms with E-state index in [1.807, 2.05) is 24.5 Å². The topological polar surface area (TPSA) is 29.9 Å². The fourth-order valence-electron chi connectivity index (χ4n) is 5.55. The van der Waals surface area contributed by atoms with Crippen LogP contribution in [0.15, 0.2) is 134 Å². The Morgan fingerprint density at radius 1 is 0.757 bits per heavy atom. The Bertz CT molecular complexity index is 1860. The van der Waals surface area contributed by atoms with Crippen LogP contribution >= 0.6 is 0 Å². The first kappa shape index (κ1) is 21.4. The zero-order valence-electron chi connectivity index (χ0n) is 20.3. The van der Waals surface area contributed by atoms with Crippen LogP contribution in [0.1, 0.15) is 11.6 Å². The molecule has 0 radical (unpaired) electrons. The van der Waals surface area contributed by atoms with Gasteiger partial charge in [0.05, 0.1) is 17.1 Å². The number of aromatic nitrogens is 2. The standard InChI is InChI=1S/C34H25N3/c1-2-3-4-5-13-30-33-31(36-30)20-19-28-27-12-8-9-14-32(27)37(34(28)33)25-17-15-23(16-18-25)29-22-35-21-24-10-6-7-11-26(24)29/h2-22,30,36H,1H2/b4-3-,13-5-. The Hall–Kier alpha value is -4.89. The SMILES string of the molecule is C=C/C=C\C=C/C1Nc2ccc3c4ccccc4n(-c4ccc(-c5cncc6ccccc56)cc4)c3c21. The lowest BCUT2D eigenvalue weighted by molar-refractivity contribution is 0.910. The minimum atomic E-state index is 0.164. The second-order valence-corrected chi connectivity index (χ2v) is 9.36. The molecule has 1 N–H and O–H groups in total. The van der Waals surface area contributed by atoms with Gasteiger partial charge in [0.25, 0.3) is 0 Å². The average molecular weight is 476 g/mol. The number of nitrogens with one attached hydrogen (secondary N) is 1. The Morgan fingerprint density at radius 2 is 1.57 bits per heavy atom. The van der Waals surface area contributed by atoms with Crippen molar-refractivity contribution in [3.8, 4) is 16.8 Å². The summed E-state index contributed by atoms with van der Waals surface area (Å²) in [4.78, 5) is 4.49. The van der Waals surface area contributed by atoms with E-state index in [-0.39, 0.29) is 6.04 Å². The molecule has 0 bridgehead atoms. The number of allylic oxidation sites excluding steroid dienone is 4. The van der Waals surface area contributed by atoms with E-state index in [1.54, 1.807) is 6.08 Å². The van der Waals surface area contributed by atoms with Crippen molar-refractivity contribution < 1.29 is 0 Å². The predicted octanol–water partition coefficient (Wildman–Crippen LogP) is 8.76. The van der Waals surface area contributed by atoms with E-state index in [1.165, 1.54) is 44.0 Å². The summed E-state index contributed by atoms with van der Waals surface area (Å²) in [6.07, 6.45) is 13.9. The molecular weight excluding hydrogens is 450 g/mol. The first-order valence-corrected chi connectivity index (χ1v) is 12.6. The maximum atomic E-state index is 4.49. The second kappa shape index (κ2) is 8.65. The molecule has 0 aliphatic carbocycles. The molecule has 37 heavy (non-hydrogen) atoms. The molecule has 176 valence electrons. The molecule has 3 heteroatoms. The summed E-state index contributed by atoms with van der Waals surface area (Å²) < 4.78 is 2.41. The summed E-state index contributed by atoms with van der Waals surface area (Å²) in [6.45, 7) is 3.76. The maximum absolute atomic E-state index is 4.49. The molecule has 1 aliphatic heterocycles. The lowest BCUT2D eigenvalue weighted by Gasteiger charge is -2.32. The van der Waals surface area contributed by atoms with E-state index >= 15 is 0 Å².